The first kappa shape index (κ1) is 14.0. The second-order valence-electron chi connectivity index (χ2n) is 3.64. The van der Waals surface area contributed by atoms with Crippen molar-refractivity contribution in [2.45, 2.75) is 13.8 Å². The highest BCUT2D eigenvalue weighted by molar-refractivity contribution is 14.1. The monoisotopic (exact) mass is 347 g/mol. The number of nitrogens with zero attached hydrogens (tertiary/aromatic N) is 1. The number of hydrogen-bond acceptors (Lipinski definition) is 2. The van der Waals surface area contributed by atoms with E-state index in [0.29, 0.717) is 12.1 Å². The molecule has 0 radical (unpaired) electrons. The number of benzene rings is 1. The molecule has 1 amide bonds. The predicted molar refractivity (Wildman–Crippen MR) is 73.1 cm³/mol. The quantitative estimate of drug-likeness (QED) is 0.850. The van der Waals surface area contributed by atoms with E-state index >= 15 is 0 Å². The smallest absolute Gasteiger partial charge is 0.323 e. The standard InChI is InChI=1S/C12H14INO3/c1-3-14(7-10(15)16)12(17)11-8(2)5-4-6-9(11)13/h4-6H,3,7H2,1-2H3,(H,15,16). The molecule has 0 atom stereocenters. The average Bonchev–Trinajstić information content (AvgIpc) is 2.25. The fourth-order valence-corrected chi connectivity index (χ4v) is 2.42. The number of carboxylic acids is 1. The van der Waals surface area contributed by atoms with Crippen molar-refractivity contribution in [3.63, 3.8) is 0 Å². The van der Waals surface area contributed by atoms with Crippen LogP contribution in [0.25, 0.3) is 0 Å². The van der Waals surface area contributed by atoms with Gasteiger partial charge in [0, 0.05) is 10.1 Å². The molecular weight excluding hydrogens is 333 g/mol. The van der Waals surface area contributed by atoms with Crippen LogP contribution in [0.1, 0.15) is 22.8 Å². The van der Waals surface area contributed by atoms with E-state index in [-0.39, 0.29) is 12.5 Å². The fourth-order valence-electron chi connectivity index (χ4n) is 1.55. The van der Waals surface area contributed by atoms with E-state index in [1.54, 1.807) is 6.92 Å². The van der Waals surface area contributed by atoms with E-state index in [2.05, 4.69) is 22.6 Å². The van der Waals surface area contributed by atoms with Crippen LogP contribution in [0, 0.1) is 10.5 Å². The third-order valence-electron chi connectivity index (χ3n) is 2.43. The van der Waals surface area contributed by atoms with Gasteiger partial charge in [-0.3, -0.25) is 9.59 Å². The summed E-state index contributed by atoms with van der Waals surface area (Å²) in [6, 6.07) is 5.57. The molecule has 0 aliphatic carbocycles. The van der Waals surface area contributed by atoms with Crippen LogP contribution in [0.5, 0.6) is 0 Å². The largest absolute Gasteiger partial charge is 0.480 e. The highest BCUT2D eigenvalue weighted by Crippen LogP contribution is 2.18. The highest BCUT2D eigenvalue weighted by Gasteiger charge is 2.20. The molecule has 17 heavy (non-hydrogen) atoms. The number of hydrogen-bond donors (Lipinski definition) is 1. The lowest BCUT2D eigenvalue weighted by molar-refractivity contribution is -0.137. The minimum absolute atomic E-state index is 0.225. The van der Waals surface area contributed by atoms with Gasteiger partial charge in [0.05, 0.1) is 5.56 Å². The molecule has 0 aliphatic rings. The Balaban J connectivity index is 3.06. The molecule has 0 aromatic heterocycles. The molecular formula is C12H14INO3. The topological polar surface area (TPSA) is 57.6 Å². The maximum Gasteiger partial charge on any atom is 0.323 e. The van der Waals surface area contributed by atoms with E-state index < -0.39 is 5.97 Å². The average molecular weight is 347 g/mol. The van der Waals surface area contributed by atoms with Crippen LogP contribution < -0.4 is 0 Å². The van der Waals surface area contributed by atoms with Gasteiger partial charge in [-0.05, 0) is 48.1 Å². The molecule has 5 heteroatoms. The number of likely N-dealkylation sites (N-methyl/N-ethyl adjacent to an activating group) is 1. The Morgan fingerprint density at radius 3 is 2.53 bits per heavy atom. The van der Waals surface area contributed by atoms with Crippen LogP contribution in [-0.4, -0.2) is 35.0 Å². The molecule has 92 valence electrons. The number of aliphatic carboxylic acids is 1. The van der Waals surface area contributed by atoms with Crippen LogP contribution >= 0.6 is 22.6 Å². The summed E-state index contributed by atoms with van der Waals surface area (Å²) in [5, 5.41) is 8.75. The summed E-state index contributed by atoms with van der Waals surface area (Å²) >= 11 is 2.09. The van der Waals surface area contributed by atoms with Gasteiger partial charge in [0.2, 0.25) is 0 Å². The number of carbonyl (C=O) groups is 2. The zero-order valence-electron chi connectivity index (χ0n) is 9.74. The molecule has 4 nitrogen and oxygen atoms in total. The lowest BCUT2D eigenvalue weighted by atomic mass is 10.1. The van der Waals surface area contributed by atoms with Gasteiger partial charge in [-0.2, -0.15) is 0 Å². The first-order valence-electron chi connectivity index (χ1n) is 5.23. The van der Waals surface area contributed by atoms with E-state index in [0.717, 1.165) is 9.13 Å². The van der Waals surface area contributed by atoms with E-state index in [1.165, 1.54) is 4.90 Å². The molecule has 0 aliphatic heterocycles. The second-order valence-corrected chi connectivity index (χ2v) is 4.81. The number of amides is 1. The van der Waals surface area contributed by atoms with Gasteiger partial charge >= 0.3 is 5.97 Å². The number of aryl methyl sites for hydroxylation is 1. The summed E-state index contributed by atoms with van der Waals surface area (Å²) < 4.78 is 0.844. The Morgan fingerprint density at radius 2 is 2.06 bits per heavy atom. The maximum absolute atomic E-state index is 12.2. The van der Waals surface area contributed by atoms with Crippen molar-refractivity contribution in [2.75, 3.05) is 13.1 Å². The number of rotatable bonds is 4. The Labute approximate surface area is 114 Å². The van der Waals surface area contributed by atoms with E-state index in [9.17, 15) is 9.59 Å². The Kier molecular flexibility index (Phi) is 4.92. The molecule has 0 heterocycles. The Bertz CT molecular complexity index is 425. The minimum Gasteiger partial charge on any atom is -0.480 e. The summed E-state index contributed by atoms with van der Waals surface area (Å²) in [5.41, 5.74) is 1.46. The predicted octanol–water partition coefficient (Wildman–Crippen LogP) is 2.15. The Hall–Kier alpha value is -1.11. The lowest BCUT2D eigenvalue weighted by Crippen LogP contribution is -2.36. The summed E-state index contributed by atoms with van der Waals surface area (Å²) in [5.74, 6) is -1.22. The SMILES string of the molecule is CCN(CC(=O)O)C(=O)c1c(C)cccc1I. The van der Waals surface area contributed by atoms with Gasteiger partial charge in [-0.25, -0.2) is 0 Å². The molecule has 0 unspecified atom stereocenters. The summed E-state index contributed by atoms with van der Waals surface area (Å²) in [6.07, 6.45) is 0. The molecule has 1 aromatic rings. The van der Waals surface area contributed by atoms with Gasteiger partial charge in [-0.15, -0.1) is 0 Å². The third-order valence-corrected chi connectivity index (χ3v) is 3.33. The van der Waals surface area contributed by atoms with E-state index in [1.807, 2.05) is 25.1 Å². The normalized spacial score (nSPS) is 10.1. The van der Waals surface area contributed by atoms with Crippen molar-refractivity contribution < 1.29 is 14.7 Å². The van der Waals surface area contributed by atoms with Crippen molar-refractivity contribution in [1.82, 2.24) is 4.90 Å². The molecule has 0 saturated heterocycles. The van der Waals surface area contributed by atoms with Crippen molar-refractivity contribution in [1.29, 1.82) is 0 Å². The molecule has 0 fully saturated rings. The molecule has 0 saturated carbocycles. The minimum atomic E-state index is -0.996. The summed E-state index contributed by atoms with van der Waals surface area (Å²) in [7, 11) is 0. The zero-order valence-corrected chi connectivity index (χ0v) is 11.9. The highest BCUT2D eigenvalue weighted by atomic mass is 127. The maximum atomic E-state index is 12.2. The van der Waals surface area contributed by atoms with Crippen molar-refractivity contribution >= 4 is 34.5 Å². The van der Waals surface area contributed by atoms with Gasteiger partial charge in [0.15, 0.2) is 0 Å². The molecule has 0 bridgehead atoms. The van der Waals surface area contributed by atoms with Crippen LogP contribution in [0.2, 0.25) is 0 Å². The van der Waals surface area contributed by atoms with Gasteiger partial charge in [0.25, 0.3) is 5.91 Å². The van der Waals surface area contributed by atoms with Gasteiger partial charge in [0.1, 0.15) is 6.54 Å². The van der Waals surface area contributed by atoms with E-state index in [4.69, 9.17) is 5.11 Å². The molecule has 1 aromatic carbocycles. The van der Waals surface area contributed by atoms with Crippen LogP contribution in [0.15, 0.2) is 18.2 Å². The summed E-state index contributed by atoms with van der Waals surface area (Å²) in [6.45, 7) is 3.74. The number of halogens is 1. The second kappa shape index (κ2) is 6.00. The van der Waals surface area contributed by atoms with Crippen LogP contribution in [0.3, 0.4) is 0 Å². The van der Waals surface area contributed by atoms with Gasteiger partial charge in [-0.1, -0.05) is 12.1 Å². The molecule has 0 spiro atoms. The number of carboxylic acid groups (broad SMARTS) is 1. The van der Waals surface area contributed by atoms with Crippen LogP contribution in [0.4, 0.5) is 0 Å². The molecule has 1 rings (SSSR count). The fraction of sp³-hybridized carbons (Fsp3) is 0.333. The van der Waals surface area contributed by atoms with Crippen molar-refractivity contribution in [3.05, 3.63) is 32.9 Å². The van der Waals surface area contributed by atoms with Gasteiger partial charge < -0.3 is 10.0 Å². The third kappa shape index (κ3) is 3.42. The zero-order chi connectivity index (χ0) is 13.0. The van der Waals surface area contributed by atoms with Crippen molar-refractivity contribution in [3.8, 4) is 0 Å². The lowest BCUT2D eigenvalue weighted by Gasteiger charge is -2.20. The Morgan fingerprint density at radius 1 is 1.41 bits per heavy atom. The summed E-state index contributed by atoms with van der Waals surface area (Å²) in [4.78, 5) is 24.2. The first-order valence-corrected chi connectivity index (χ1v) is 6.31. The first-order chi connectivity index (χ1) is 7.97. The number of carbonyl (C=O) groups excluding carboxylic acids is 1. The molecule has 1 N–H and O–H groups in total. The van der Waals surface area contributed by atoms with Crippen LogP contribution in [-0.2, 0) is 4.79 Å². The van der Waals surface area contributed by atoms with Crippen molar-refractivity contribution in [2.24, 2.45) is 0 Å².